The third-order valence-corrected chi connectivity index (χ3v) is 6.35. The van der Waals surface area contributed by atoms with Gasteiger partial charge in [0.05, 0.1) is 5.69 Å². The number of amides is 1. The molecule has 2 aromatic carbocycles. The average Bonchev–Trinajstić information content (AvgIpc) is 2.64. The van der Waals surface area contributed by atoms with Crippen molar-refractivity contribution in [2.24, 2.45) is 0 Å². The van der Waals surface area contributed by atoms with Crippen molar-refractivity contribution in [3.05, 3.63) is 46.4 Å². The lowest BCUT2D eigenvalue weighted by Crippen LogP contribution is -2.43. The zero-order chi connectivity index (χ0) is 19.8. The van der Waals surface area contributed by atoms with Gasteiger partial charge < -0.3 is 9.64 Å². The number of halogens is 1. The number of carbonyl (C=O) groups excluding carboxylic acids is 1. The lowest BCUT2D eigenvalue weighted by molar-refractivity contribution is -0.126. The zero-order valence-electron chi connectivity index (χ0n) is 15.3. The number of carbonyl (C=O) groups is 1. The van der Waals surface area contributed by atoms with Gasteiger partial charge in [-0.25, -0.2) is 8.42 Å². The number of nitrogens with zero attached hydrogens (tertiary/aromatic N) is 1. The number of likely N-dealkylation sites (N-methyl/N-ethyl adjacent to an activating group) is 1. The normalized spacial score (nSPS) is 16.7. The van der Waals surface area contributed by atoms with Crippen LogP contribution >= 0.6 is 15.9 Å². The van der Waals surface area contributed by atoms with E-state index in [1.54, 1.807) is 25.2 Å². The van der Waals surface area contributed by atoms with Crippen LogP contribution in [0.2, 0.25) is 0 Å². The molecule has 6 nitrogen and oxygen atoms in total. The molecule has 2 aromatic rings. The predicted molar refractivity (Wildman–Crippen MR) is 109 cm³/mol. The molecule has 0 fully saturated rings. The van der Waals surface area contributed by atoms with E-state index in [4.69, 9.17) is 4.74 Å². The first kappa shape index (κ1) is 19.7. The van der Waals surface area contributed by atoms with E-state index in [1.165, 1.54) is 11.0 Å². The van der Waals surface area contributed by atoms with E-state index in [0.29, 0.717) is 22.3 Å². The highest BCUT2D eigenvalue weighted by molar-refractivity contribution is 9.10. The Morgan fingerprint density at radius 2 is 1.85 bits per heavy atom. The number of ether oxygens (including phenoxy) is 1. The largest absolute Gasteiger partial charge is 0.477 e. The number of aryl methyl sites for hydroxylation is 1. The Balaban J connectivity index is 2.05. The van der Waals surface area contributed by atoms with Crippen LogP contribution in [-0.4, -0.2) is 27.5 Å². The minimum absolute atomic E-state index is 0.00996. The smallest absolute Gasteiger partial charge is 0.267 e. The fraction of sp³-hybridized carbons (Fsp3) is 0.316. The van der Waals surface area contributed by atoms with Crippen molar-refractivity contribution in [1.82, 2.24) is 0 Å². The van der Waals surface area contributed by atoms with E-state index in [1.807, 2.05) is 26.0 Å². The molecule has 1 atom stereocenters. The molecule has 144 valence electrons. The quantitative estimate of drug-likeness (QED) is 0.744. The molecule has 0 spiro atoms. The van der Waals surface area contributed by atoms with E-state index in [2.05, 4.69) is 20.7 Å². The lowest BCUT2D eigenvalue weighted by Gasteiger charge is -2.32. The molecule has 0 saturated heterocycles. The second kappa shape index (κ2) is 7.52. The summed E-state index contributed by atoms with van der Waals surface area (Å²) in [5.41, 5.74) is 2.00. The van der Waals surface area contributed by atoms with Crippen molar-refractivity contribution < 1.29 is 17.9 Å². The summed E-state index contributed by atoms with van der Waals surface area (Å²) in [6.07, 6.45) is 0.615. The van der Waals surface area contributed by atoms with Gasteiger partial charge in [-0.3, -0.25) is 9.52 Å². The number of hydrogen-bond donors (Lipinski definition) is 1. The summed E-state index contributed by atoms with van der Waals surface area (Å²) >= 11 is 3.33. The molecule has 3 rings (SSSR count). The summed E-state index contributed by atoms with van der Waals surface area (Å²) in [4.78, 5) is 13.8. The number of benzene rings is 2. The van der Waals surface area contributed by atoms with Gasteiger partial charge in [0.25, 0.3) is 15.9 Å². The highest BCUT2D eigenvalue weighted by Crippen LogP contribution is 2.42. The van der Waals surface area contributed by atoms with Crippen LogP contribution in [0.3, 0.4) is 0 Å². The van der Waals surface area contributed by atoms with Crippen LogP contribution < -0.4 is 14.4 Å². The number of nitrogens with one attached hydrogen (secondary N) is 1. The van der Waals surface area contributed by atoms with Gasteiger partial charge >= 0.3 is 0 Å². The number of hydrogen-bond acceptors (Lipinski definition) is 4. The topological polar surface area (TPSA) is 75.7 Å². The molecular weight excluding hydrogens is 432 g/mol. The number of fused-ring (bicyclic) bond motifs is 1. The molecule has 0 saturated carbocycles. The molecule has 0 radical (unpaired) electrons. The predicted octanol–water partition coefficient (Wildman–Crippen LogP) is 3.95. The summed E-state index contributed by atoms with van der Waals surface area (Å²) in [5, 5.41) is 0. The van der Waals surface area contributed by atoms with Crippen LogP contribution in [-0.2, 0) is 21.2 Å². The summed E-state index contributed by atoms with van der Waals surface area (Å²) in [6, 6.07) is 10.4. The molecule has 1 N–H and O–H groups in total. The molecule has 1 aliphatic heterocycles. The monoisotopic (exact) mass is 452 g/mol. The van der Waals surface area contributed by atoms with Crippen LogP contribution in [0.25, 0.3) is 0 Å². The first-order valence-corrected chi connectivity index (χ1v) is 10.9. The van der Waals surface area contributed by atoms with Gasteiger partial charge in [-0.05, 0) is 42.7 Å². The maximum Gasteiger partial charge on any atom is 0.267 e. The van der Waals surface area contributed by atoms with E-state index in [-0.39, 0.29) is 16.6 Å². The number of sulfonamides is 1. The standard InChI is InChI=1S/C19H21BrN2O4S/c1-4-12-6-8-14(9-7-12)21-27(24,25)17-11-13(20)10-15-18(17)26-16(5-2)19(23)22(15)3/h6-11,16,21H,4-5H2,1-3H3. The van der Waals surface area contributed by atoms with Gasteiger partial charge in [-0.2, -0.15) is 0 Å². The molecule has 8 heteroatoms. The average molecular weight is 453 g/mol. The number of rotatable bonds is 5. The van der Waals surface area contributed by atoms with Gasteiger partial charge in [-0.1, -0.05) is 41.9 Å². The van der Waals surface area contributed by atoms with Gasteiger partial charge in [0, 0.05) is 17.2 Å². The molecule has 1 heterocycles. The van der Waals surface area contributed by atoms with E-state index in [0.717, 1.165) is 12.0 Å². The van der Waals surface area contributed by atoms with Crippen LogP contribution in [0.4, 0.5) is 11.4 Å². The summed E-state index contributed by atoms with van der Waals surface area (Å²) < 4.78 is 35.0. The van der Waals surface area contributed by atoms with Gasteiger partial charge in [-0.15, -0.1) is 0 Å². The fourth-order valence-corrected chi connectivity index (χ4v) is 4.76. The lowest BCUT2D eigenvalue weighted by atomic mass is 10.1. The minimum atomic E-state index is -3.91. The fourth-order valence-electron chi connectivity index (χ4n) is 2.93. The Morgan fingerprint density at radius 3 is 2.44 bits per heavy atom. The maximum absolute atomic E-state index is 13.0. The first-order chi connectivity index (χ1) is 12.8. The van der Waals surface area contributed by atoms with Gasteiger partial charge in [0.2, 0.25) is 0 Å². The van der Waals surface area contributed by atoms with Crippen molar-refractivity contribution in [2.75, 3.05) is 16.7 Å². The summed E-state index contributed by atoms with van der Waals surface area (Å²) in [5.74, 6) is -0.0145. The van der Waals surface area contributed by atoms with Crippen LogP contribution in [0.15, 0.2) is 45.8 Å². The van der Waals surface area contributed by atoms with Crippen LogP contribution in [0.1, 0.15) is 25.8 Å². The maximum atomic E-state index is 13.0. The third-order valence-electron chi connectivity index (χ3n) is 4.50. The van der Waals surface area contributed by atoms with Crippen molar-refractivity contribution in [1.29, 1.82) is 0 Å². The Bertz CT molecular complexity index is 974. The van der Waals surface area contributed by atoms with Crippen molar-refractivity contribution in [3.63, 3.8) is 0 Å². The van der Waals surface area contributed by atoms with Gasteiger partial charge in [0.1, 0.15) is 4.90 Å². The Labute approximate surface area is 167 Å². The Hall–Kier alpha value is -2.06. The van der Waals surface area contributed by atoms with Crippen LogP contribution in [0, 0.1) is 0 Å². The Morgan fingerprint density at radius 1 is 1.19 bits per heavy atom. The third kappa shape index (κ3) is 3.82. The molecule has 1 aliphatic rings. The summed E-state index contributed by atoms with van der Waals surface area (Å²) in [7, 11) is -2.30. The molecule has 27 heavy (non-hydrogen) atoms. The van der Waals surface area contributed by atoms with Crippen molar-refractivity contribution in [3.8, 4) is 5.75 Å². The molecule has 0 aliphatic carbocycles. The summed E-state index contributed by atoms with van der Waals surface area (Å²) in [6.45, 7) is 3.86. The minimum Gasteiger partial charge on any atom is -0.477 e. The highest BCUT2D eigenvalue weighted by atomic mass is 79.9. The molecule has 1 amide bonds. The first-order valence-electron chi connectivity index (χ1n) is 8.66. The second-order valence-electron chi connectivity index (χ2n) is 6.32. The van der Waals surface area contributed by atoms with E-state index in [9.17, 15) is 13.2 Å². The van der Waals surface area contributed by atoms with E-state index >= 15 is 0 Å². The number of anilines is 2. The zero-order valence-corrected chi connectivity index (χ0v) is 17.7. The van der Waals surface area contributed by atoms with Crippen molar-refractivity contribution >= 4 is 43.2 Å². The van der Waals surface area contributed by atoms with Crippen LogP contribution in [0.5, 0.6) is 5.75 Å². The molecule has 1 unspecified atom stereocenters. The molecule has 0 bridgehead atoms. The van der Waals surface area contributed by atoms with E-state index < -0.39 is 16.1 Å². The molecule has 0 aromatic heterocycles. The van der Waals surface area contributed by atoms with Gasteiger partial charge in [0.15, 0.2) is 11.9 Å². The van der Waals surface area contributed by atoms with Crippen molar-refractivity contribution in [2.45, 2.75) is 37.7 Å². The highest BCUT2D eigenvalue weighted by Gasteiger charge is 2.35. The SMILES string of the molecule is CCc1ccc(NS(=O)(=O)c2cc(Br)cc3c2OC(CC)C(=O)N3C)cc1. The Kier molecular flexibility index (Phi) is 5.48. The second-order valence-corrected chi connectivity index (χ2v) is 8.89. The molecular formula is C19H21BrN2O4S.